The lowest BCUT2D eigenvalue weighted by Crippen LogP contribution is -2.21. The number of halogens is 3. The Balaban J connectivity index is 3.07. The zero-order valence-corrected chi connectivity index (χ0v) is 8.02. The fourth-order valence-electron chi connectivity index (χ4n) is 1.38. The largest absolute Gasteiger partial charge is 0.388 e. The van der Waals surface area contributed by atoms with Gasteiger partial charge in [0.25, 0.3) is 0 Å². The highest BCUT2D eigenvalue weighted by molar-refractivity contribution is 6.13. The molecule has 1 aromatic rings. The van der Waals surface area contributed by atoms with Gasteiger partial charge in [-0.25, -0.2) is 0 Å². The maximum atomic E-state index is 12.3. The van der Waals surface area contributed by atoms with E-state index in [4.69, 9.17) is 7.85 Å². The predicted octanol–water partition coefficient (Wildman–Crippen LogP) is 3.08. The summed E-state index contributed by atoms with van der Waals surface area (Å²) in [6.07, 6.45) is -4.37. The molecule has 0 saturated heterocycles. The summed E-state index contributed by atoms with van der Waals surface area (Å²) in [6, 6.07) is 4.74. The van der Waals surface area contributed by atoms with Gasteiger partial charge in [0.1, 0.15) is 0 Å². The molecule has 0 amide bonds. The molecule has 2 radical (unpaired) electrons. The molecule has 14 heavy (non-hydrogen) atoms. The number of hydrogen-bond donors (Lipinski definition) is 0. The summed E-state index contributed by atoms with van der Waals surface area (Å²) in [6.45, 7) is 3.50. The summed E-state index contributed by atoms with van der Waals surface area (Å²) >= 11 is 0. The monoisotopic (exact) mass is 198 g/mol. The fourth-order valence-corrected chi connectivity index (χ4v) is 1.38. The summed E-state index contributed by atoms with van der Waals surface area (Å²) in [5.41, 5.74) is 1.70. The molecule has 0 aliphatic heterocycles. The first-order valence-corrected chi connectivity index (χ1v) is 4.21. The van der Waals surface area contributed by atoms with E-state index in [9.17, 15) is 13.2 Å². The third kappa shape index (κ3) is 2.53. The lowest BCUT2D eigenvalue weighted by Gasteiger charge is -2.17. The van der Waals surface area contributed by atoms with Crippen LogP contribution in [0.15, 0.2) is 18.2 Å². The molecule has 0 N–H and O–H groups in total. The van der Waals surface area contributed by atoms with Crippen LogP contribution in [0.25, 0.3) is 0 Å². The molecule has 1 atom stereocenters. The quantitative estimate of drug-likeness (QED) is 0.608. The summed E-state index contributed by atoms with van der Waals surface area (Å²) in [7, 11) is 5.08. The standard InChI is InChI=1S/C10H10BF3/c1-6-3-7(2)5-8(4-6)9(11)10(12,13)14/h3-5,9H,1-2H3. The highest BCUT2D eigenvalue weighted by Gasteiger charge is 2.36. The number of hydrogen-bond acceptors (Lipinski definition) is 0. The van der Waals surface area contributed by atoms with Gasteiger partial charge in [0.15, 0.2) is 0 Å². The highest BCUT2D eigenvalue weighted by Crippen LogP contribution is 2.32. The van der Waals surface area contributed by atoms with Gasteiger partial charge in [0.2, 0.25) is 0 Å². The van der Waals surface area contributed by atoms with E-state index >= 15 is 0 Å². The third-order valence-electron chi connectivity index (χ3n) is 1.96. The maximum absolute atomic E-state index is 12.3. The molecule has 0 heterocycles. The van der Waals surface area contributed by atoms with Crippen molar-refractivity contribution in [2.45, 2.75) is 25.8 Å². The second-order valence-corrected chi connectivity index (χ2v) is 3.44. The average molecular weight is 198 g/mol. The van der Waals surface area contributed by atoms with E-state index in [0.717, 1.165) is 11.1 Å². The number of rotatable bonds is 1. The third-order valence-corrected chi connectivity index (χ3v) is 1.96. The molecule has 0 aromatic heterocycles. The average Bonchev–Trinajstić information content (AvgIpc) is 1.99. The number of benzene rings is 1. The van der Waals surface area contributed by atoms with Crippen molar-refractivity contribution in [1.82, 2.24) is 0 Å². The van der Waals surface area contributed by atoms with Crippen LogP contribution >= 0.6 is 0 Å². The van der Waals surface area contributed by atoms with Gasteiger partial charge in [-0.3, -0.25) is 0 Å². The molecule has 1 rings (SSSR count). The Morgan fingerprint density at radius 2 is 1.50 bits per heavy atom. The number of aryl methyl sites for hydroxylation is 2. The van der Waals surface area contributed by atoms with Crippen molar-refractivity contribution < 1.29 is 13.2 Å². The summed E-state index contributed by atoms with van der Waals surface area (Å²) in [4.78, 5) is 0. The Kier molecular flexibility index (Phi) is 2.93. The van der Waals surface area contributed by atoms with Crippen LogP contribution in [-0.2, 0) is 0 Å². The topological polar surface area (TPSA) is 0 Å². The first-order valence-electron chi connectivity index (χ1n) is 4.21. The minimum Gasteiger partial charge on any atom is -0.171 e. The minimum absolute atomic E-state index is 0.120. The second-order valence-electron chi connectivity index (χ2n) is 3.44. The molecular weight excluding hydrogens is 188 g/mol. The van der Waals surface area contributed by atoms with Crippen LogP contribution < -0.4 is 0 Å². The normalized spacial score (nSPS) is 14.1. The maximum Gasteiger partial charge on any atom is 0.388 e. The van der Waals surface area contributed by atoms with Gasteiger partial charge in [-0.1, -0.05) is 29.3 Å². The zero-order chi connectivity index (χ0) is 10.9. The lowest BCUT2D eigenvalue weighted by atomic mass is 9.79. The zero-order valence-electron chi connectivity index (χ0n) is 8.02. The van der Waals surface area contributed by atoms with Gasteiger partial charge in [-0.05, 0) is 19.4 Å². The van der Waals surface area contributed by atoms with Crippen molar-refractivity contribution in [3.63, 3.8) is 0 Å². The highest BCUT2D eigenvalue weighted by atomic mass is 19.4. The Labute approximate surface area is 82.5 Å². The van der Waals surface area contributed by atoms with Crippen LogP contribution in [0.2, 0.25) is 0 Å². The Morgan fingerprint density at radius 1 is 1.07 bits per heavy atom. The van der Waals surface area contributed by atoms with Gasteiger partial charge in [-0.15, -0.1) is 0 Å². The molecule has 0 nitrogen and oxygen atoms in total. The predicted molar refractivity (Wildman–Crippen MR) is 50.5 cm³/mol. The first-order chi connectivity index (χ1) is 6.30. The Bertz CT molecular complexity index is 310. The van der Waals surface area contributed by atoms with Crippen molar-refractivity contribution in [2.24, 2.45) is 0 Å². The van der Waals surface area contributed by atoms with Crippen molar-refractivity contribution >= 4 is 7.85 Å². The van der Waals surface area contributed by atoms with Crippen molar-refractivity contribution in [1.29, 1.82) is 0 Å². The van der Waals surface area contributed by atoms with E-state index in [1.807, 2.05) is 6.07 Å². The molecule has 0 spiro atoms. The molecule has 0 aliphatic rings. The molecule has 0 saturated carbocycles. The molecule has 0 aliphatic carbocycles. The van der Waals surface area contributed by atoms with E-state index in [2.05, 4.69) is 0 Å². The Morgan fingerprint density at radius 3 is 1.86 bits per heavy atom. The summed E-state index contributed by atoms with van der Waals surface area (Å²) in [5, 5.41) is 0. The lowest BCUT2D eigenvalue weighted by molar-refractivity contribution is -0.131. The molecule has 1 aromatic carbocycles. The molecule has 1 unspecified atom stereocenters. The minimum atomic E-state index is -4.37. The van der Waals surface area contributed by atoms with E-state index < -0.39 is 12.0 Å². The van der Waals surface area contributed by atoms with E-state index in [0.29, 0.717) is 0 Å². The first kappa shape index (κ1) is 11.2. The van der Waals surface area contributed by atoms with E-state index in [1.165, 1.54) is 12.1 Å². The van der Waals surface area contributed by atoms with Crippen LogP contribution in [0, 0.1) is 13.8 Å². The SMILES string of the molecule is [B]C(c1cc(C)cc(C)c1)C(F)(F)F. The fraction of sp³-hybridized carbons (Fsp3) is 0.400. The molecule has 4 heteroatoms. The van der Waals surface area contributed by atoms with Gasteiger partial charge in [-0.2, -0.15) is 13.2 Å². The molecular formula is C10H10BF3. The Hall–Kier alpha value is -0.925. The van der Waals surface area contributed by atoms with Crippen LogP contribution in [0.3, 0.4) is 0 Å². The van der Waals surface area contributed by atoms with Crippen molar-refractivity contribution in [3.8, 4) is 0 Å². The summed E-state index contributed by atoms with van der Waals surface area (Å²) < 4.78 is 36.8. The van der Waals surface area contributed by atoms with Gasteiger partial charge in [0, 0.05) is 5.82 Å². The molecule has 74 valence electrons. The van der Waals surface area contributed by atoms with Crippen molar-refractivity contribution in [3.05, 3.63) is 34.9 Å². The van der Waals surface area contributed by atoms with Crippen LogP contribution in [0.5, 0.6) is 0 Å². The van der Waals surface area contributed by atoms with E-state index in [1.54, 1.807) is 13.8 Å². The van der Waals surface area contributed by atoms with Crippen LogP contribution in [0.4, 0.5) is 13.2 Å². The van der Waals surface area contributed by atoms with E-state index in [-0.39, 0.29) is 5.56 Å². The molecule has 0 fully saturated rings. The summed E-state index contributed by atoms with van der Waals surface area (Å²) in [5.74, 6) is -1.89. The van der Waals surface area contributed by atoms with Crippen molar-refractivity contribution in [2.75, 3.05) is 0 Å². The van der Waals surface area contributed by atoms with Crippen LogP contribution in [-0.4, -0.2) is 14.0 Å². The van der Waals surface area contributed by atoms with Gasteiger partial charge < -0.3 is 0 Å². The van der Waals surface area contributed by atoms with Gasteiger partial charge >= 0.3 is 6.18 Å². The smallest absolute Gasteiger partial charge is 0.171 e. The second kappa shape index (κ2) is 3.68. The molecule has 0 bridgehead atoms. The van der Waals surface area contributed by atoms with Crippen LogP contribution in [0.1, 0.15) is 22.5 Å². The van der Waals surface area contributed by atoms with Gasteiger partial charge in [0.05, 0.1) is 7.85 Å². The number of alkyl halides is 3.